The molecule has 3 aromatic carbocycles. The van der Waals surface area contributed by atoms with Gasteiger partial charge in [0.15, 0.2) is 0 Å². The third kappa shape index (κ3) is 7.11. The third-order valence-electron chi connectivity index (χ3n) is 7.50. The van der Waals surface area contributed by atoms with Crippen molar-refractivity contribution in [1.82, 2.24) is 15.1 Å². The molecule has 3 aromatic rings. The molecular weight excluding hydrogens is 470 g/mol. The number of nitrogens with one attached hydrogen (secondary N) is 1. The van der Waals surface area contributed by atoms with Crippen molar-refractivity contribution in [2.45, 2.75) is 51.5 Å². The van der Waals surface area contributed by atoms with Crippen LogP contribution >= 0.6 is 0 Å². The first-order valence-corrected chi connectivity index (χ1v) is 14.0. The maximum Gasteiger partial charge on any atom is 0.253 e. The van der Waals surface area contributed by atoms with Gasteiger partial charge < -0.3 is 15.1 Å². The van der Waals surface area contributed by atoms with Gasteiger partial charge in [-0.25, -0.2) is 0 Å². The van der Waals surface area contributed by atoms with Gasteiger partial charge in [0, 0.05) is 37.8 Å². The minimum atomic E-state index is -0.00830. The van der Waals surface area contributed by atoms with E-state index >= 15 is 0 Å². The number of benzene rings is 3. The highest BCUT2D eigenvalue weighted by Crippen LogP contribution is 2.26. The van der Waals surface area contributed by atoms with Crippen molar-refractivity contribution in [3.63, 3.8) is 0 Å². The van der Waals surface area contributed by atoms with Crippen molar-refractivity contribution < 1.29 is 9.59 Å². The maximum absolute atomic E-state index is 12.6. The summed E-state index contributed by atoms with van der Waals surface area (Å²) < 4.78 is 0. The summed E-state index contributed by atoms with van der Waals surface area (Å²) in [6.45, 7) is 5.08. The van der Waals surface area contributed by atoms with E-state index in [0.717, 1.165) is 68.3 Å². The van der Waals surface area contributed by atoms with E-state index in [1.54, 1.807) is 19.0 Å². The molecule has 200 valence electrons. The Labute approximate surface area is 227 Å². The molecule has 0 fully saturated rings. The molecule has 0 bridgehead atoms. The topological polar surface area (TPSA) is 52.7 Å². The van der Waals surface area contributed by atoms with E-state index in [1.165, 1.54) is 11.1 Å². The van der Waals surface area contributed by atoms with Crippen LogP contribution in [0.25, 0.3) is 11.1 Å². The van der Waals surface area contributed by atoms with Gasteiger partial charge in [0.05, 0.1) is 0 Å². The zero-order chi connectivity index (χ0) is 26.9. The number of carbonyl (C=O) groups excluding carboxylic acids is 2. The molecule has 0 aliphatic heterocycles. The summed E-state index contributed by atoms with van der Waals surface area (Å²) in [5.41, 5.74) is 6.46. The summed E-state index contributed by atoms with van der Waals surface area (Å²) in [7, 11) is 3.60. The number of hydrogen-bond acceptors (Lipinski definition) is 3. The highest BCUT2D eigenvalue weighted by atomic mass is 16.2. The first kappa shape index (κ1) is 27.6. The lowest BCUT2D eigenvalue weighted by atomic mass is 9.86. The van der Waals surface area contributed by atoms with Gasteiger partial charge in [-0.2, -0.15) is 0 Å². The number of rotatable bonds is 11. The highest BCUT2D eigenvalue weighted by molar-refractivity contribution is 5.95. The van der Waals surface area contributed by atoms with Gasteiger partial charge in [0.1, 0.15) is 0 Å². The lowest BCUT2D eigenvalue weighted by molar-refractivity contribution is 0.0827. The van der Waals surface area contributed by atoms with Gasteiger partial charge >= 0.3 is 0 Å². The molecule has 1 aliphatic carbocycles. The number of aryl methyl sites for hydroxylation is 1. The van der Waals surface area contributed by atoms with Crippen LogP contribution < -0.4 is 5.32 Å². The van der Waals surface area contributed by atoms with Gasteiger partial charge in [-0.15, -0.1) is 0 Å². The molecule has 1 atom stereocenters. The van der Waals surface area contributed by atoms with Gasteiger partial charge in [0.25, 0.3) is 11.8 Å². The van der Waals surface area contributed by atoms with Crippen LogP contribution in [0.1, 0.15) is 64.4 Å². The molecule has 1 unspecified atom stereocenters. The number of amides is 2. The quantitative estimate of drug-likeness (QED) is 0.329. The number of fused-ring (bicyclic) bond motifs is 1. The predicted octanol–water partition coefficient (Wildman–Crippen LogP) is 5.83. The Morgan fingerprint density at radius 3 is 2.26 bits per heavy atom. The molecule has 5 nitrogen and oxygen atoms in total. The molecule has 2 amide bonds. The van der Waals surface area contributed by atoms with Crippen molar-refractivity contribution >= 4 is 11.8 Å². The second kappa shape index (κ2) is 13.4. The van der Waals surface area contributed by atoms with E-state index in [4.69, 9.17) is 0 Å². The fourth-order valence-electron chi connectivity index (χ4n) is 5.39. The van der Waals surface area contributed by atoms with Crippen LogP contribution in [0.4, 0.5) is 0 Å². The summed E-state index contributed by atoms with van der Waals surface area (Å²) in [5.74, 6) is 0.0601. The zero-order valence-corrected chi connectivity index (χ0v) is 23.1. The summed E-state index contributed by atoms with van der Waals surface area (Å²) in [4.78, 5) is 29.2. The van der Waals surface area contributed by atoms with E-state index in [0.29, 0.717) is 18.2 Å². The fraction of sp³-hybridized carbons (Fsp3) is 0.394. The first-order valence-electron chi connectivity index (χ1n) is 14.0. The van der Waals surface area contributed by atoms with Crippen LogP contribution in [0, 0.1) is 0 Å². The highest BCUT2D eigenvalue weighted by Gasteiger charge is 2.24. The molecule has 0 saturated carbocycles. The molecule has 5 heteroatoms. The molecule has 0 saturated heterocycles. The molecular formula is C33H41N3O2. The average molecular weight is 512 g/mol. The number of carbonyl (C=O) groups is 2. The molecule has 0 aromatic heterocycles. The normalized spacial score (nSPS) is 14.7. The van der Waals surface area contributed by atoms with Crippen molar-refractivity contribution in [3.05, 3.63) is 95.1 Å². The van der Waals surface area contributed by atoms with Crippen LogP contribution in [0.5, 0.6) is 0 Å². The Morgan fingerprint density at radius 2 is 1.55 bits per heavy atom. The van der Waals surface area contributed by atoms with Crippen LogP contribution in [0.3, 0.4) is 0 Å². The first-order chi connectivity index (χ1) is 18.5. The zero-order valence-electron chi connectivity index (χ0n) is 23.1. The van der Waals surface area contributed by atoms with Crippen molar-refractivity contribution in [2.75, 3.05) is 33.7 Å². The SMILES string of the molecule is CCCN(CCCCNC(=O)c1ccc(-c2ccccc2)cc1)C1CCc2cc(C(=O)N(C)C)ccc2C1. The standard InChI is InChI=1S/C33H41N3O2/c1-4-21-36(31-19-18-28-23-30(33(38)35(2)3)17-16-29(28)24-31)22-9-8-20-34-32(37)27-14-12-26(13-15-27)25-10-6-5-7-11-25/h5-7,10-17,23,31H,4,8-9,18-22,24H2,1-3H3,(H,34,37). The molecule has 38 heavy (non-hydrogen) atoms. The number of unbranched alkanes of at least 4 members (excludes halogenated alkanes) is 1. The van der Waals surface area contributed by atoms with E-state index in [9.17, 15) is 9.59 Å². The van der Waals surface area contributed by atoms with E-state index < -0.39 is 0 Å². The maximum atomic E-state index is 12.6. The fourth-order valence-corrected chi connectivity index (χ4v) is 5.39. The van der Waals surface area contributed by atoms with E-state index in [1.807, 2.05) is 48.5 Å². The minimum absolute atomic E-state index is 0.00830. The minimum Gasteiger partial charge on any atom is -0.352 e. The molecule has 0 spiro atoms. The Balaban J connectivity index is 1.23. The summed E-state index contributed by atoms with van der Waals surface area (Å²) in [6, 6.07) is 24.8. The van der Waals surface area contributed by atoms with Crippen LogP contribution in [0.2, 0.25) is 0 Å². The molecule has 0 radical (unpaired) electrons. The average Bonchev–Trinajstić information content (AvgIpc) is 2.96. The Morgan fingerprint density at radius 1 is 0.842 bits per heavy atom. The van der Waals surface area contributed by atoms with E-state index in [-0.39, 0.29) is 11.8 Å². The Kier molecular flexibility index (Phi) is 9.72. The Bertz CT molecular complexity index is 1200. The second-order valence-corrected chi connectivity index (χ2v) is 10.5. The predicted molar refractivity (Wildman–Crippen MR) is 156 cm³/mol. The molecule has 4 rings (SSSR count). The molecule has 0 heterocycles. The van der Waals surface area contributed by atoms with Crippen LogP contribution in [-0.4, -0.2) is 61.4 Å². The lowest BCUT2D eigenvalue weighted by Crippen LogP contribution is -2.40. The number of hydrogen-bond donors (Lipinski definition) is 1. The van der Waals surface area contributed by atoms with Gasteiger partial charge in [-0.1, -0.05) is 55.5 Å². The summed E-state index contributed by atoms with van der Waals surface area (Å²) >= 11 is 0. The third-order valence-corrected chi connectivity index (χ3v) is 7.50. The van der Waals surface area contributed by atoms with Crippen LogP contribution in [-0.2, 0) is 12.8 Å². The van der Waals surface area contributed by atoms with Gasteiger partial charge in [0.2, 0.25) is 0 Å². The van der Waals surface area contributed by atoms with Crippen molar-refractivity contribution in [3.8, 4) is 11.1 Å². The molecule has 1 N–H and O–H groups in total. The number of nitrogens with zero attached hydrogens (tertiary/aromatic N) is 2. The van der Waals surface area contributed by atoms with Crippen molar-refractivity contribution in [1.29, 1.82) is 0 Å². The lowest BCUT2D eigenvalue weighted by Gasteiger charge is -2.35. The van der Waals surface area contributed by atoms with Gasteiger partial charge in [-0.3, -0.25) is 9.59 Å². The molecule has 1 aliphatic rings. The van der Waals surface area contributed by atoms with Gasteiger partial charge in [-0.05, 0) is 98.1 Å². The second-order valence-electron chi connectivity index (χ2n) is 10.5. The summed E-state index contributed by atoms with van der Waals surface area (Å²) in [6.07, 6.45) is 6.35. The monoisotopic (exact) mass is 511 g/mol. The largest absolute Gasteiger partial charge is 0.352 e. The van der Waals surface area contributed by atoms with Crippen LogP contribution in [0.15, 0.2) is 72.8 Å². The smallest absolute Gasteiger partial charge is 0.253 e. The summed E-state index contributed by atoms with van der Waals surface area (Å²) in [5, 5.41) is 3.09. The van der Waals surface area contributed by atoms with Crippen molar-refractivity contribution in [2.24, 2.45) is 0 Å². The van der Waals surface area contributed by atoms with E-state index in [2.05, 4.69) is 41.4 Å². The Hall–Kier alpha value is -3.44.